The number of carbonyl (C=O) groups is 2. The van der Waals surface area contributed by atoms with Crippen molar-refractivity contribution in [2.75, 3.05) is 11.9 Å². The van der Waals surface area contributed by atoms with E-state index in [1.165, 1.54) is 0 Å². The summed E-state index contributed by atoms with van der Waals surface area (Å²) in [6.07, 6.45) is 1.96. The van der Waals surface area contributed by atoms with Crippen LogP contribution in [-0.2, 0) is 5.41 Å². The first-order chi connectivity index (χ1) is 18.8. The average molecular weight is 509 g/mol. The number of nitrogens with zero attached hydrogens (tertiary/aromatic N) is 2. The van der Waals surface area contributed by atoms with Gasteiger partial charge < -0.3 is 9.64 Å². The molecule has 0 fully saturated rings. The minimum atomic E-state index is -0.801. The molecule has 39 heavy (non-hydrogen) atoms. The van der Waals surface area contributed by atoms with Gasteiger partial charge in [0.05, 0.1) is 11.6 Å². The molecule has 8 rings (SSSR count). The number of ketones is 2. The first-order valence-corrected chi connectivity index (χ1v) is 13.1. The molecule has 3 aliphatic rings. The van der Waals surface area contributed by atoms with Gasteiger partial charge in [-0.15, -0.1) is 0 Å². The number of ether oxygens (including phenoxy) is 1. The molecule has 188 valence electrons. The van der Waals surface area contributed by atoms with Crippen LogP contribution in [0.3, 0.4) is 0 Å². The zero-order valence-corrected chi connectivity index (χ0v) is 21.8. The first kappa shape index (κ1) is 22.2. The van der Waals surface area contributed by atoms with E-state index in [-0.39, 0.29) is 0 Å². The number of Topliss-reactive ketones (excluding diaryl/α,β-unsaturated/α-hetero) is 2. The van der Waals surface area contributed by atoms with E-state index in [1.807, 2.05) is 42.6 Å². The largest absolute Gasteiger partial charge is 0.459 e. The zero-order valence-electron chi connectivity index (χ0n) is 21.8. The maximum atomic E-state index is 12.5. The maximum absolute atomic E-state index is 12.5. The van der Waals surface area contributed by atoms with Crippen molar-refractivity contribution in [3.05, 3.63) is 102 Å². The lowest BCUT2D eigenvalue weighted by Gasteiger charge is -2.45. The van der Waals surface area contributed by atoms with Crippen molar-refractivity contribution < 1.29 is 14.3 Å². The summed E-state index contributed by atoms with van der Waals surface area (Å²) in [5.41, 5.74) is 4.85. The Morgan fingerprint density at radius 3 is 2.36 bits per heavy atom. The number of anilines is 1. The molecule has 5 aromatic rings. The molecular weight excluding hydrogens is 484 g/mol. The molecule has 1 aliphatic carbocycles. The second kappa shape index (κ2) is 7.20. The fourth-order valence-electron chi connectivity index (χ4n) is 6.81. The van der Waals surface area contributed by atoms with Crippen molar-refractivity contribution in [1.29, 1.82) is 0 Å². The highest BCUT2D eigenvalue weighted by molar-refractivity contribution is 6.57. The summed E-state index contributed by atoms with van der Waals surface area (Å²) in [5, 5.41) is 3.88. The summed E-state index contributed by atoms with van der Waals surface area (Å²) in [6, 6.07) is 28.1. The van der Waals surface area contributed by atoms with Gasteiger partial charge in [0.2, 0.25) is 17.3 Å². The lowest BCUT2D eigenvalue weighted by molar-refractivity contribution is 0.0825. The molecule has 0 radical (unpaired) electrons. The minimum absolute atomic E-state index is 0.423. The molecule has 0 bridgehead atoms. The highest BCUT2D eigenvalue weighted by Crippen LogP contribution is 2.55. The summed E-state index contributed by atoms with van der Waals surface area (Å²) in [7, 11) is 2.06. The molecule has 5 nitrogen and oxygen atoms in total. The zero-order chi connectivity index (χ0) is 26.7. The second-order valence-corrected chi connectivity index (χ2v) is 11.2. The molecule has 2 aliphatic heterocycles. The Hall–Kier alpha value is -4.77. The van der Waals surface area contributed by atoms with E-state index in [0.717, 1.165) is 55.4 Å². The van der Waals surface area contributed by atoms with Gasteiger partial charge in [-0.05, 0) is 65.6 Å². The van der Waals surface area contributed by atoms with Crippen LogP contribution in [0.4, 0.5) is 11.4 Å². The Morgan fingerprint density at radius 1 is 0.769 bits per heavy atom. The minimum Gasteiger partial charge on any atom is -0.459 e. The molecule has 1 unspecified atom stereocenters. The Labute approximate surface area is 225 Å². The fourth-order valence-corrected chi connectivity index (χ4v) is 6.81. The van der Waals surface area contributed by atoms with E-state index >= 15 is 0 Å². The second-order valence-electron chi connectivity index (χ2n) is 11.2. The van der Waals surface area contributed by atoms with Gasteiger partial charge in [-0.3, -0.25) is 14.6 Å². The smallest absolute Gasteiger partial charge is 0.234 e. The van der Waals surface area contributed by atoms with E-state index < -0.39 is 22.7 Å². The van der Waals surface area contributed by atoms with E-state index in [9.17, 15) is 9.59 Å². The lowest BCUT2D eigenvalue weighted by atomic mass is 9.76. The van der Waals surface area contributed by atoms with Gasteiger partial charge in [0.1, 0.15) is 11.4 Å². The molecule has 0 saturated carbocycles. The Kier molecular flexibility index (Phi) is 4.11. The van der Waals surface area contributed by atoms with E-state index in [1.54, 1.807) is 12.1 Å². The van der Waals surface area contributed by atoms with Gasteiger partial charge in [0.15, 0.2) is 0 Å². The van der Waals surface area contributed by atoms with E-state index in [2.05, 4.69) is 62.2 Å². The molecule has 5 heteroatoms. The van der Waals surface area contributed by atoms with Crippen LogP contribution in [0.15, 0.2) is 89.9 Å². The van der Waals surface area contributed by atoms with Crippen LogP contribution < -0.4 is 9.64 Å². The predicted octanol–water partition coefficient (Wildman–Crippen LogP) is 7.26. The standard InChI is InChI=1S/C34H24N2O3/c1-33(2)26-17-20(21-13-14-25-29-23(21)9-6-10-24(29)31(37)32(25)38)11-15-27(26)36(3)34(33)18-35-30-22-8-5-4-7-19(22)12-16-28(30)39-34/h4-18H,1-3H3. The van der Waals surface area contributed by atoms with Crippen molar-refractivity contribution >= 4 is 50.7 Å². The number of rotatable bonds is 1. The summed E-state index contributed by atoms with van der Waals surface area (Å²) in [5.74, 6) is -0.0765. The quantitative estimate of drug-likeness (QED) is 0.224. The van der Waals surface area contributed by atoms with Crippen LogP contribution in [0.25, 0.3) is 32.7 Å². The monoisotopic (exact) mass is 508 g/mol. The molecule has 5 aromatic carbocycles. The molecule has 2 heterocycles. The molecule has 0 aromatic heterocycles. The third-order valence-corrected chi connectivity index (χ3v) is 8.97. The van der Waals surface area contributed by atoms with Gasteiger partial charge in [-0.2, -0.15) is 0 Å². The van der Waals surface area contributed by atoms with Crippen LogP contribution >= 0.6 is 0 Å². The van der Waals surface area contributed by atoms with E-state index in [0.29, 0.717) is 11.1 Å². The Balaban J connectivity index is 1.28. The van der Waals surface area contributed by atoms with Crippen molar-refractivity contribution in [2.45, 2.75) is 25.0 Å². The maximum Gasteiger partial charge on any atom is 0.234 e. The number of hydrogen-bond acceptors (Lipinski definition) is 5. The first-order valence-electron chi connectivity index (χ1n) is 13.1. The molecule has 0 N–H and O–H groups in total. The van der Waals surface area contributed by atoms with Crippen LogP contribution in [0, 0.1) is 0 Å². The topological polar surface area (TPSA) is 59.0 Å². The van der Waals surface area contributed by atoms with Gasteiger partial charge in [-0.25, -0.2) is 0 Å². The van der Waals surface area contributed by atoms with Gasteiger partial charge in [-0.1, -0.05) is 60.7 Å². The third kappa shape index (κ3) is 2.62. The third-order valence-electron chi connectivity index (χ3n) is 8.97. The van der Waals surface area contributed by atoms with Crippen molar-refractivity contribution in [3.63, 3.8) is 0 Å². The summed E-state index contributed by atoms with van der Waals surface area (Å²) >= 11 is 0. The lowest BCUT2D eigenvalue weighted by Crippen LogP contribution is -2.61. The molecule has 1 atom stereocenters. The van der Waals surface area contributed by atoms with Crippen molar-refractivity contribution in [3.8, 4) is 16.9 Å². The number of benzene rings is 5. The van der Waals surface area contributed by atoms with Crippen LogP contribution in [0.5, 0.6) is 5.75 Å². The van der Waals surface area contributed by atoms with Gasteiger partial charge >= 0.3 is 0 Å². The Morgan fingerprint density at radius 2 is 1.51 bits per heavy atom. The van der Waals surface area contributed by atoms with Crippen LogP contribution in [-0.4, -0.2) is 30.6 Å². The average Bonchev–Trinajstić information content (AvgIpc) is 3.30. The van der Waals surface area contributed by atoms with Crippen LogP contribution in [0.1, 0.15) is 40.1 Å². The Bertz CT molecular complexity index is 1970. The molecule has 1 spiro atoms. The number of hydrogen-bond donors (Lipinski definition) is 0. The predicted molar refractivity (Wildman–Crippen MR) is 155 cm³/mol. The summed E-state index contributed by atoms with van der Waals surface area (Å²) in [6.45, 7) is 4.39. The highest BCUT2D eigenvalue weighted by atomic mass is 16.5. The van der Waals surface area contributed by atoms with Crippen LogP contribution in [0.2, 0.25) is 0 Å². The molecule has 0 saturated heterocycles. The SMILES string of the molecule is CN1c2ccc(-c3ccc4c5c(cccc35)C(=O)C4=O)cc2C(C)(C)C12C=Nc1c(ccc3ccccc13)O2. The summed E-state index contributed by atoms with van der Waals surface area (Å²) < 4.78 is 6.88. The number of fused-ring (bicyclic) bond motifs is 4. The van der Waals surface area contributed by atoms with Crippen molar-refractivity contribution in [1.82, 2.24) is 0 Å². The number of likely N-dealkylation sites (N-methyl/N-ethyl adjacent to an activating group) is 1. The normalized spacial score (nSPS) is 20.1. The summed E-state index contributed by atoms with van der Waals surface area (Å²) in [4.78, 5) is 32.3. The highest BCUT2D eigenvalue weighted by Gasteiger charge is 2.58. The van der Waals surface area contributed by atoms with Crippen molar-refractivity contribution in [2.24, 2.45) is 4.99 Å². The number of carbonyl (C=O) groups excluding carboxylic acids is 2. The fraction of sp³-hybridized carbons (Fsp3) is 0.147. The van der Waals surface area contributed by atoms with Gasteiger partial charge in [0.25, 0.3) is 0 Å². The molecular formula is C34H24N2O3. The molecule has 0 amide bonds. The number of aliphatic imine (C=N–C) groups is 1. The van der Waals surface area contributed by atoms with E-state index in [4.69, 9.17) is 9.73 Å². The van der Waals surface area contributed by atoms with Gasteiger partial charge in [0, 0.05) is 34.6 Å².